The van der Waals surface area contributed by atoms with Crippen molar-refractivity contribution in [2.24, 2.45) is 0 Å². The van der Waals surface area contributed by atoms with Gasteiger partial charge in [-0.05, 0) is 50.2 Å². The van der Waals surface area contributed by atoms with E-state index in [1.807, 2.05) is 68.4 Å². The Bertz CT molecular complexity index is 1420. The molecular weight excluding hydrogens is 438 g/mol. The van der Waals surface area contributed by atoms with Crippen molar-refractivity contribution >= 4 is 45.0 Å². The molecule has 8 heteroatoms. The summed E-state index contributed by atoms with van der Waals surface area (Å²) < 4.78 is 11.5. The van der Waals surface area contributed by atoms with Crippen LogP contribution in [-0.4, -0.2) is 33.1 Å². The number of imidazole rings is 1. The second kappa shape index (κ2) is 8.96. The van der Waals surface area contributed by atoms with E-state index in [1.165, 1.54) is 6.33 Å². The molecule has 0 atom stereocenters. The van der Waals surface area contributed by atoms with Crippen LogP contribution in [0.5, 0.6) is 11.5 Å². The van der Waals surface area contributed by atoms with Crippen LogP contribution in [0, 0.1) is 0 Å². The van der Waals surface area contributed by atoms with E-state index in [4.69, 9.17) is 21.1 Å². The highest BCUT2D eigenvalue weighted by Crippen LogP contribution is 2.36. The van der Waals surface area contributed by atoms with Gasteiger partial charge in [0.1, 0.15) is 35.0 Å². The second-order valence-electron chi connectivity index (χ2n) is 7.33. The van der Waals surface area contributed by atoms with Crippen LogP contribution < -0.4 is 14.8 Å². The normalized spacial score (nSPS) is 11.1. The number of aromatic amines is 1. The fourth-order valence-corrected chi connectivity index (χ4v) is 3.93. The Hall–Kier alpha value is -3.84. The number of anilines is 2. The van der Waals surface area contributed by atoms with Gasteiger partial charge in [0.15, 0.2) is 0 Å². The van der Waals surface area contributed by atoms with Crippen molar-refractivity contribution in [1.29, 1.82) is 0 Å². The molecule has 2 aromatic heterocycles. The van der Waals surface area contributed by atoms with Gasteiger partial charge in [0.25, 0.3) is 0 Å². The molecule has 0 fully saturated rings. The first-order chi connectivity index (χ1) is 16.2. The van der Waals surface area contributed by atoms with E-state index in [0.29, 0.717) is 46.9 Å². The molecule has 0 aliphatic carbocycles. The molecule has 2 heterocycles. The molecule has 0 radical (unpaired) electrons. The highest BCUT2D eigenvalue weighted by atomic mass is 35.5. The van der Waals surface area contributed by atoms with Gasteiger partial charge in [-0.1, -0.05) is 23.7 Å². The van der Waals surface area contributed by atoms with Crippen molar-refractivity contribution in [2.45, 2.75) is 13.8 Å². The number of nitrogens with zero attached hydrogens (tertiary/aromatic N) is 3. The van der Waals surface area contributed by atoms with E-state index in [-0.39, 0.29) is 0 Å². The zero-order chi connectivity index (χ0) is 22.8. The van der Waals surface area contributed by atoms with Crippen molar-refractivity contribution < 1.29 is 9.47 Å². The molecule has 166 valence electrons. The molecule has 0 aliphatic rings. The zero-order valence-electron chi connectivity index (χ0n) is 18.2. The molecule has 0 unspecified atom stereocenters. The van der Waals surface area contributed by atoms with Crippen LogP contribution in [0.25, 0.3) is 33.3 Å². The minimum atomic E-state index is 0.523. The van der Waals surface area contributed by atoms with Gasteiger partial charge in [-0.2, -0.15) is 0 Å². The van der Waals surface area contributed by atoms with Crippen molar-refractivity contribution in [3.8, 4) is 22.9 Å². The third-order valence-electron chi connectivity index (χ3n) is 5.16. The van der Waals surface area contributed by atoms with Crippen molar-refractivity contribution in [3.63, 3.8) is 0 Å². The summed E-state index contributed by atoms with van der Waals surface area (Å²) in [5.41, 5.74) is 4.16. The summed E-state index contributed by atoms with van der Waals surface area (Å²) in [6.07, 6.45) is 1.52. The van der Waals surface area contributed by atoms with Crippen LogP contribution in [0.4, 0.5) is 11.5 Å². The molecule has 0 amide bonds. The van der Waals surface area contributed by atoms with Gasteiger partial charge in [0, 0.05) is 17.3 Å². The van der Waals surface area contributed by atoms with Gasteiger partial charge in [-0.15, -0.1) is 0 Å². The zero-order valence-corrected chi connectivity index (χ0v) is 19.0. The average molecular weight is 460 g/mol. The number of hydrogen-bond donors (Lipinski definition) is 2. The number of para-hydroxylation sites is 2. The van der Waals surface area contributed by atoms with Crippen molar-refractivity contribution in [2.75, 3.05) is 18.5 Å². The summed E-state index contributed by atoms with van der Waals surface area (Å²) in [6.45, 7) is 4.95. The molecule has 3 aromatic carbocycles. The van der Waals surface area contributed by atoms with Crippen molar-refractivity contribution in [1.82, 2.24) is 19.9 Å². The van der Waals surface area contributed by atoms with E-state index < -0.39 is 0 Å². The minimum absolute atomic E-state index is 0.523. The highest BCUT2D eigenvalue weighted by molar-refractivity contribution is 6.33. The smallest absolute Gasteiger partial charge is 0.149 e. The molecule has 0 bridgehead atoms. The maximum Gasteiger partial charge on any atom is 0.149 e. The molecule has 33 heavy (non-hydrogen) atoms. The number of nitrogens with one attached hydrogen (secondary N) is 2. The lowest BCUT2D eigenvalue weighted by Gasteiger charge is -2.14. The molecule has 5 aromatic rings. The van der Waals surface area contributed by atoms with Crippen LogP contribution in [0.1, 0.15) is 13.8 Å². The van der Waals surface area contributed by atoms with Gasteiger partial charge >= 0.3 is 0 Å². The quantitative estimate of drug-likeness (QED) is 0.294. The SMILES string of the molecule is CCOc1cc(OCC)c2ncnc(Nc3ccc(Cl)c(-c4nc5ccccc5[nH]4)c3)c2c1. The predicted octanol–water partition coefficient (Wildman–Crippen LogP) is 6.37. The van der Waals surface area contributed by atoms with Gasteiger partial charge in [-0.25, -0.2) is 15.0 Å². The molecule has 0 aliphatic heterocycles. The van der Waals surface area contributed by atoms with Gasteiger partial charge in [-0.3, -0.25) is 0 Å². The van der Waals surface area contributed by atoms with E-state index in [2.05, 4.69) is 25.3 Å². The largest absolute Gasteiger partial charge is 0.494 e. The van der Waals surface area contributed by atoms with Gasteiger partial charge in [0.05, 0.1) is 34.7 Å². The number of fused-ring (bicyclic) bond motifs is 2. The predicted molar refractivity (Wildman–Crippen MR) is 132 cm³/mol. The number of rotatable bonds is 7. The lowest BCUT2D eigenvalue weighted by Crippen LogP contribution is -2.01. The number of H-pyrrole nitrogens is 1. The number of aromatic nitrogens is 4. The summed E-state index contributed by atoms with van der Waals surface area (Å²) in [5, 5.41) is 4.79. The third kappa shape index (κ3) is 4.15. The van der Waals surface area contributed by atoms with Crippen LogP contribution in [0.2, 0.25) is 5.02 Å². The molecule has 2 N–H and O–H groups in total. The molecule has 7 nitrogen and oxygen atoms in total. The average Bonchev–Trinajstić information content (AvgIpc) is 3.25. The van der Waals surface area contributed by atoms with E-state index in [0.717, 1.165) is 27.7 Å². The summed E-state index contributed by atoms with van der Waals surface area (Å²) >= 11 is 6.52. The maximum absolute atomic E-state index is 6.52. The van der Waals surface area contributed by atoms with Gasteiger partial charge < -0.3 is 19.8 Å². The summed E-state index contributed by atoms with van der Waals surface area (Å²) in [6, 6.07) is 17.3. The Balaban J connectivity index is 1.56. The third-order valence-corrected chi connectivity index (χ3v) is 5.49. The Morgan fingerprint density at radius 1 is 0.970 bits per heavy atom. The topological polar surface area (TPSA) is 84.9 Å². The minimum Gasteiger partial charge on any atom is -0.494 e. The van der Waals surface area contributed by atoms with Crippen LogP contribution >= 0.6 is 11.6 Å². The number of hydrogen-bond acceptors (Lipinski definition) is 6. The van der Waals surface area contributed by atoms with Crippen LogP contribution in [-0.2, 0) is 0 Å². The fourth-order valence-electron chi connectivity index (χ4n) is 3.73. The second-order valence-corrected chi connectivity index (χ2v) is 7.74. The first-order valence-electron chi connectivity index (χ1n) is 10.7. The monoisotopic (exact) mass is 459 g/mol. The molecule has 5 rings (SSSR count). The first-order valence-corrected chi connectivity index (χ1v) is 11.1. The van der Waals surface area contributed by atoms with Crippen molar-refractivity contribution in [3.05, 3.63) is 65.9 Å². The molecule has 0 saturated heterocycles. The summed E-state index contributed by atoms with van der Waals surface area (Å²) in [4.78, 5) is 16.9. The molecule has 0 saturated carbocycles. The van der Waals surface area contributed by atoms with E-state index in [9.17, 15) is 0 Å². The van der Waals surface area contributed by atoms with Crippen LogP contribution in [0.3, 0.4) is 0 Å². The van der Waals surface area contributed by atoms with E-state index >= 15 is 0 Å². The number of halogens is 1. The number of benzene rings is 3. The Morgan fingerprint density at radius 3 is 2.64 bits per heavy atom. The first kappa shape index (κ1) is 21.0. The summed E-state index contributed by atoms with van der Waals surface area (Å²) in [5.74, 6) is 2.70. The number of ether oxygens (including phenoxy) is 2. The fraction of sp³-hybridized carbons (Fsp3) is 0.160. The summed E-state index contributed by atoms with van der Waals surface area (Å²) in [7, 11) is 0. The lowest BCUT2D eigenvalue weighted by molar-refractivity contribution is 0.325. The van der Waals surface area contributed by atoms with Gasteiger partial charge in [0.2, 0.25) is 0 Å². The highest BCUT2D eigenvalue weighted by Gasteiger charge is 2.14. The Kier molecular flexibility index (Phi) is 5.71. The molecular formula is C25H22ClN5O2. The lowest BCUT2D eigenvalue weighted by atomic mass is 10.1. The Morgan fingerprint density at radius 2 is 1.82 bits per heavy atom. The Labute approximate surface area is 195 Å². The maximum atomic E-state index is 6.52. The van der Waals surface area contributed by atoms with E-state index in [1.54, 1.807) is 0 Å². The molecule has 0 spiro atoms. The van der Waals surface area contributed by atoms with Crippen LogP contribution in [0.15, 0.2) is 60.9 Å². The standard InChI is InChI=1S/C25H22ClN5O2/c1-3-32-16-12-18-23(22(13-16)33-4-2)27-14-28-24(18)29-15-9-10-19(26)17(11-15)25-30-20-7-5-6-8-21(20)31-25/h5-14H,3-4H2,1-2H3,(H,30,31)(H,27,28,29).